The molecular formula is C20H43NO. The first-order valence-corrected chi connectivity index (χ1v) is 10.1. The Balaban J connectivity index is 3.59. The van der Waals surface area contributed by atoms with E-state index in [4.69, 9.17) is 0 Å². The van der Waals surface area contributed by atoms with Crippen LogP contribution >= 0.6 is 0 Å². The second kappa shape index (κ2) is 17.3. The summed E-state index contributed by atoms with van der Waals surface area (Å²) in [6.07, 6.45) is 17.7. The molecule has 0 amide bonds. The van der Waals surface area contributed by atoms with Crippen molar-refractivity contribution in [2.24, 2.45) is 0 Å². The van der Waals surface area contributed by atoms with Crippen molar-refractivity contribution < 1.29 is 5.11 Å². The molecule has 1 atom stereocenters. The Kier molecular flexibility index (Phi) is 17.2. The molecule has 0 radical (unpaired) electrons. The summed E-state index contributed by atoms with van der Waals surface area (Å²) in [5.41, 5.74) is 0. The summed E-state index contributed by atoms with van der Waals surface area (Å²) >= 11 is 0. The fourth-order valence-electron chi connectivity index (χ4n) is 3.18. The van der Waals surface area contributed by atoms with Gasteiger partial charge in [-0.05, 0) is 26.3 Å². The average molecular weight is 314 g/mol. The minimum absolute atomic E-state index is 0.301. The van der Waals surface area contributed by atoms with Crippen molar-refractivity contribution >= 4 is 0 Å². The molecular weight excluding hydrogens is 270 g/mol. The molecule has 22 heavy (non-hydrogen) atoms. The number of aliphatic hydroxyl groups is 1. The Bertz CT molecular complexity index is 208. The molecule has 0 heterocycles. The molecule has 1 unspecified atom stereocenters. The predicted molar refractivity (Wildman–Crippen MR) is 99.5 cm³/mol. The lowest BCUT2D eigenvalue weighted by Gasteiger charge is -2.28. The SMILES string of the molecule is CCCCCCCCCCCN(CCO)C(C)CCCCC. The van der Waals surface area contributed by atoms with Gasteiger partial charge in [-0.3, -0.25) is 4.90 Å². The highest BCUT2D eigenvalue weighted by Gasteiger charge is 2.12. The molecule has 0 rings (SSSR count). The van der Waals surface area contributed by atoms with Crippen molar-refractivity contribution in [1.29, 1.82) is 0 Å². The van der Waals surface area contributed by atoms with Crippen molar-refractivity contribution in [3.05, 3.63) is 0 Å². The molecule has 0 aliphatic heterocycles. The molecule has 2 heteroatoms. The molecule has 0 spiro atoms. The molecule has 0 bridgehead atoms. The highest BCUT2D eigenvalue weighted by Crippen LogP contribution is 2.13. The zero-order valence-electron chi connectivity index (χ0n) is 15.8. The Morgan fingerprint density at radius 3 is 1.73 bits per heavy atom. The third-order valence-electron chi connectivity index (χ3n) is 4.78. The molecule has 0 aromatic rings. The second-order valence-corrected chi connectivity index (χ2v) is 6.93. The van der Waals surface area contributed by atoms with Crippen molar-refractivity contribution in [1.82, 2.24) is 4.90 Å². The van der Waals surface area contributed by atoms with E-state index in [1.165, 1.54) is 90.0 Å². The number of unbranched alkanes of at least 4 members (excludes halogenated alkanes) is 10. The Hall–Kier alpha value is -0.0800. The highest BCUT2D eigenvalue weighted by atomic mass is 16.3. The quantitative estimate of drug-likeness (QED) is 0.344. The van der Waals surface area contributed by atoms with Gasteiger partial charge in [0.2, 0.25) is 0 Å². The summed E-state index contributed by atoms with van der Waals surface area (Å²) in [6.45, 7) is 9.20. The molecule has 0 fully saturated rings. The van der Waals surface area contributed by atoms with E-state index in [2.05, 4.69) is 25.7 Å². The first kappa shape index (κ1) is 21.9. The lowest BCUT2D eigenvalue weighted by Crippen LogP contribution is -2.36. The van der Waals surface area contributed by atoms with Crippen LogP contribution in [-0.2, 0) is 0 Å². The lowest BCUT2D eigenvalue weighted by molar-refractivity contribution is 0.148. The van der Waals surface area contributed by atoms with Gasteiger partial charge in [-0.2, -0.15) is 0 Å². The summed E-state index contributed by atoms with van der Waals surface area (Å²) in [6, 6.07) is 0.632. The van der Waals surface area contributed by atoms with Crippen molar-refractivity contribution in [2.45, 2.75) is 110 Å². The van der Waals surface area contributed by atoms with Crippen LogP contribution in [0, 0.1) is 0 Å². The van der Waals surface area contributed by atoms with E-state index in [1.807, 2.05) is 0 Å². The number of aliphatic hydroxyl groups excluding tert-OH is 1. The van der Waals surface area contributed by atoms with Gasteiger partial charge in [0.05, 0.1) is 6.61 Å². The first-order chi connectivity index (χ1) is 10.8. The van der Waals surface area contributed by atoms with Crippen LogP contribution in [-0.4, -0.2) is 35.7 Å². The minimum Gasteiger partial charge on any atom is -0.395 e. The van der Waals surface area contributed by atoms with Crippen LogP contribution in [0.15, 0.2) is 0 Å². The number of hydrogen-bond donors (Lipinski definition) is 1. The van der Waals surface area contributed by atoms with Gasteiger partial charge in [0.25, 0.3) is 0 Å². The van der Waals surface area contributed by atoms with Gasteiger partial charge in [0.15, 0.2) is 0 Å². The van der Waals surface area contributed by atoms with E-state index >= 15 is 0 Å². The largest absolute Gasteiger partial charge is 0.395 e. The smallest absolute Gasteiger partial charge is 0.0558 e. The molecule has 0 aliphatic rings. The van der Waals surface area contributed by atoms with E-state index < -0.39 is 0 Å². The number of rotatable bonds is 17. The van der Waals surface area contributed by atoms with Gasteiger partial charge in [0, 0.05) is 12.6 Å². The molecule has 0 saturated carbocycles. The van der Waals surface area contributed by atoms with Crippen molar-refractivity contribution in [3.63, 3.8) is 0 Å². The minimum atomic E-state index is 0.301. The summed E-state index contributed by atoms with van der Waals surface area (Å²) in [7, 11) is 0. The van der Waals surface area contributed by atoms with E-state index in [-0.39, 0.29) is 0 Å². The van der Waals surface area contributed by atoms with Crippen LogP contribution in [0.1, 0.15) is 104 Å². The second-order valence-electron chi connectivity index (χ2n) is 6.93. The van der Waals surface area contributed by atoms with Gasteiger partial charge >= 0.3 is 0 Å². The molecule has 0 aromatic carbocycles. The van der Waals surface area contributed by atoms with Crippen LogP contribution < -0.4 is 0 Å². The van der Waals surface area contributed by atoms with Gasteiger partial charge < -0.3 is 5.11 Å². The lowest BCUT2D eigenvalue weighted by atomic mass is 10.1. The summed E-state index contributed by atoms with van der Waals surface area (Å²) in [5.74, 6) is 0. The Morgan fingerprint density at radius 2 is 1.18 bits per heavy atom. The zero-order valence-corrected chi connectivity index (χ0v) is 15.8. The third kappa shape index (κ3) is 13.6. The summed E-state index contributed by atoms with van der Waals surface area (Å²) < 4.78 is 0. The van der Waals surface area contributed by atoms with Crippen LogP contribution in [0.3, 0.4) is 0 Å². The fourth-order valence-corrected chi connectivity index (χ4v) is 3.18. The summed E-state index contributed by atoms with van der Waals surface area (Å²) in [4.78, 5) is 2.50. The maximum absolute atomic E-state index is 9.26. The van der Waals surface area contributed by atoms with Crippen molar-refractivity contribution in [3.8, 4) is 0 Å². The van der Waals surface area contributed by atoms with E-state index in [0.29, 0.717) is 12.6 Å². The fraction of sp³-hybridized carbons (Fsp3) is 1.00. The van der Waals surface area contributed by atoms with Gasteiger partial charge in [0.1, 0.15) is 0 Å². The zero-order chi connectivity index (χ0) is 16.5. The Morgan fingerprint density at radius 1 is 0.682 bits per heavy atom. The van der Waals surface area contributed by atoms with Crippen LogP contribution in [0.25, 0.3) is 0 Å². The van der Waals surface area contributed by atoms with Crippen LogP contribution in [0.4, 0.5) is 0 Å². The Labute approximate surface area is 140 Å². The third-order valence-corrected chi connectivity index (χ3v) is 4.78. The molecule has 134 valence electrons. The van der Waals surface area contributed by atoms with Gasteiger partial charge in [-0.15, -0.1) is 0 Å². The molecule has 1 N–H and O–H groups in total. The maximum Gasteiger partial charge on any atom is 0.0558 e. The standard InChI is InChI=1S/C20H43NO/c1-4-6-8-9-10-11-12-13-15-17-21(18-19-22)20(3)16-14-7-5-2/h20,22H,4-19H2,1-3H3. The number of nitrogens with zero attached hydrogens (tertiary/aromatic N) is 1. The first-order valence-electron chi connectivity index (χ1n) is 10.1. The van der Waals surface area contributed by atoms with Crippen LogP contribution in [0.5, 0.6) is 0 Å². The monoisotopic (exact) mass is 313 g/mol. The van der Waals surface area contributed by atoms with E-state index in [9.17, 15) is 5.11 Å². The average Bonchev–Trinajstić information content (AvgIpc) is 2.52. The summed E-state index contributed by atoms with van der Waals surface area (Å²) in [5, 5.41) is 9.26. The van der Waals surface area contributed by atoms with E-state index in [0.717, 1.165) is 6.54 Å². The van der Waals surface area contributed by atoms with Crippen molar-refractivity contribution in [2.75, 3.05) is 19.7 Å². The van der Waals surface area contributed by atoms with Crippen LogP contribution in [0.2, 0.25) is 0 Å². The molecule has 0 saturated heterocycles. The van der Waals surface area contributed by atoms with Gasteiger partial charge in [-0.25, -0.2) is 0 Å². The molecule has 0 aliphatic carbocycles. The topological polar surface area (TPSA) is 23.5 Å². The van der Waals surface area contributed by atoms with E-state index in [1.54, 1.807) is 0 Å². The molecule has 2 nitrogen and oxygen atoms in total. The predicted octanol–water partition coefficient (Wildman–Crippen LogP) is 5.78. The maximum atomic E-state index is 9.26. The molecule has 0 aromatic heterocycles. The number of hydrogen-bond acceptors (Lipinski definition) is 2. The normalized spacial score (nSPS) is 13.0. The highest BCUT2D eigenvalue weighted by molar-refractivity contribution is 4.67. The van der Waals surface area contributed by atoms with Gasteiger partial charge in [-0.1, -0.05) is 84.5 Å².